The smallest absolute Gasteiger partial charge is 0.169 e. The van der Waals surface area contributed by atoms with E-state index in [1.807, 2.05) is 0 Å². The molecule has 162 valence electrons. The lowest BCUT2D eigenvalue weighted by Gasteiger charge is -2.52. The third-order valence-electron chi connectivity index (χ3n) is 7.80. The Bertz CT molecular complexity index is 549. The minimum Gasteiger partial charge on any atom is -0.372 e. The summed E-state index contributed by atoms with van der Waals surface area (Å²) < 4.78 is 19.8. The van der Waals surface area contributed by atoms with Gasteiger partial charge in [-0.2, -0.15) is 0 Å². The molecule has 3 aliphatic rings. The summed E-state index contributed by atoms with van der Waals surface area (Å²) in [5, 5.41) is 0. The maximum Gasteiger partial charge on any atom is 0.169 e. The number of ether oxygens (including phenoxy) is 3. The standard InChI is InChI=1S/C24H42O4/c1-8-14(2)9-15(3)20-11-22-23(26-20)17(5)13-24(28-22)12-16(4)19(7)21(27-24)10-18(6)25/h14-17,19-23H,8-13H2,1-7H3. The van der Waals surface area contributed by atoms with Gasteiger partial charge in [0.15, 0.2) is 5.79 Å². The highest BCUT2D eigenvalue weighted by Crippen LogP contribution is 2.49. The van der Waals surface area contributed by atoms with Crippen molar-refractivity contribution in [2.75, 3.05) is 0 Å². The van der Waals surface area contributed by atoms with Crippen LogP contribution in [0, 0.1) is 29.6 Å². The van der Waals surface area contributed by atoms with Crippen molar-refractivity contribution in [1.29, 1.82) is 0 Å². The van der Waals surface area contributed by atoms with Crippen molar-refractivity contribution >= 4 is 5.78 Å². The fourth-order valence-corrected chi connectivity index (χ4v) is 5.77. The summed E-state index contributed by atoms with van der Waals surface area (Å²) in [5.74, 6) is 2.25. The molecule has 3 heterocycles. The molecule has 4 heteroatoms. The van der Waals surface area contributed by atoms with E-state index in [-0.39, 0.29) is 30.2 Å². The Labute approximate surface area is 172 Å². The quantitative estimate of drug-likeness (QED) is 0.607. The molecule has 0 amide bonds. The van der Waals surface area contributed by atoms with Gasteiger partial charge in [-0.05, 0) is 42.9 Å². The molecular weight excluding hydrogens is 352 g/mol. The second-order valence-corrected chi connectivity index (χ2v) is 10.5. The molecule has 4 nitrogen and oxygen atoms in total. The van der Waals surface area contributed by atoms with Gasteiger partial charge in [-0.3, -0.25) is 4.79 Å². The molecule has 3 saturated heterocycles. The Morgan fingerprint density at radius 1 is 1.11 bits per heavy atom. The van der Waals surface area contributed by atoms with Crippen LogP contribution in [0.1, 0.15) is 87.0 Å². The molecule has 10 atom stereocenters. The van der Waals surface area contributed by atoms with Crippen LogP contribution in [0.3, 0.4) is 0 Å². The average molecular weight is 395 g/mol. The lowest BCUT2D eigenvalue weighted by molar-refractivity contribution is -0.346. The molecule has 3 aliphatic heterocycles. The first kappa shape index (κ1) is 22.2. The van der Waals surface area contributed by atoms with Crippen LogP contribution in [0.15, 0.2) is 0 Å². The first-order valence-electron chi connectivity index (χ1n) is 11.6. The molecule has 10 unspecified atom stereocenters. The van der Waals surface area contributed by atoms with E-state index in [0.29, 0.717) is 30.1 Å². The molecule has 0 aromatic heterocycles. The van der Waals surface area contributed by atoms with E-state index in [4.69, 9.17) is 14.2 Å². The molecule has 3 rings (SSSR count). The van der Waals surface area contributed by atoms with Crippen LogP contribution in [0.25, 0.3) is 0 Å². The van der Waals surface area contributed by atoms with Gasteiger partial charge >= 0.3 is 0 Å². The predicted molar refractivity (Wildman–Crippen MR) is 111 cm³/mol. The van der Waals surface area contributed by atoms with Gasteiger partial charge in [0.25, 0.3) is 0 Å². The zero-order valence-corrected chi connectivity index (χ0v) is 19.1. The lowest BCUT2D eigenvalue weighted by atomic mass is 9.76. The SMILES string of the molecule is CCC(C)CC(C)C1CC2OC3(CC(C)C(C)C(CC(C)=O)O3)CC(C)C2O1. The topological polar surface area (TPSA) is 44.8 Å². The molecule has 0 radical (unpaired) electrons. The van der Waals surface area contributed by atoms with Gasteiger partial charge in [-0.15, -0.1) is 0 Å². The van der Waals surface area contributed by atoms with Crippen molar-refractivity contribution in [2.24, 2.45) is 29.6 Å². The Kier molecular flexibility index (Phi) is 6.94. The molecule has 0 aliphatic carbocycles. The third-order valence-corrected chi connectivity index (χ3v) is 7.80. The minimum atomic E-state index is -0.537. The number of ketones is 1. The number of rotatable bonds is 6. The minimum absolute atomic E-state index is 0.0348. The van der Waals surface area contributed by atoms with Crippen LogP contribution in [0.4, 0.5) is 0 Å². The Balaban J connectivity index is 1.70. The van der Waals surface area contributed by atoms with Gasteiger partial charge in [0, 0.05) is 25.7 Å². The van der Waals surface area contributed by atoms with Crippen molar-refractivity contribution in [3.05, 3.63) is 0 Å². The van der Waals surface area contributed by atoms with E-state index in [2.05, 4.69) is 41.5 Å². The highest BCUT2D eigenvalue weighted by molar-refractivity contribution is 5.76. The summed E-state index contributed by atoms with van der Waals surface area (Å²) >= 11 is 0. The van der Waals surface area contributed by atoms with Crippen LogP contribution in [-0.2, 0) is 19.0 Å². The van der Waals surface area contributed by atoms with Gasteiger partial charge < -0.3 is 14.2 Å². The second-order valence-electron chi connectivity index (χ2n) is 10.5. The molecule has 0 aromatic carbocycles. The number of hydrogen-bond acceptors (Lipinski definition) is 4. The van der Waals surface area contributed by atoms with Crippen LogP contribution in [0.2, 0.25) is 0 Å². The van der Waals surface area contributed by atoms with Gasteiger partial charge in [0.2, 0.25) is 0 Å². The Morgan fingerprint density at radius 3 is 2.43 bits per heavy atom. The van der Waals surface area contributed by atoms with E-state index < -0.39 is 5.79 Å². The monoisotopic (exact) mass is 394 g/mol. The number of fused-ring (bicyclic) bond motifs is 1. The van der Waals surface area contributed by atoms with E-state index in [9.17, 15) is 4.79 Å². The molecule has 28 heavy (non-hydrogen) atoms. The summed E-state index contributed by atoms with van der Waals surface area (Å²) in [6, 6.07) is 0. The van der Waals surface area contributed by atoms with Crippen LogP contribution in [-0.4, -0.2) is 36.0 Å². The number of carbonyl (C=O) groups is 1. The van der Waals surface area contributed by atoms with Gasteiger partial charge in [-0.25, -0.2) is 0 Å². The van der Waals surface area contributed by atoms with Crippen LogP contribution < -0.4 is 0 Å². The summed E-state index contributed by atoms with van der Waals surface area (Å²) in [6.07, 6.45) is 6.24. The zero-order chi connectivity index (χ0) is 20.6. The van der Waals surface area contributed by atoms with Crippen molar-refractivity contribution in [3.8, 4) is 0 Å². The largest absolute Gasteiger partial charge is 0.372 e. The molecule has 0 aromatic rings. The Hall–Kier alpha value is -0.450. The third kappa shape index (κ3) is 4.65. The van der Waals surface area contributed by atoms with Crippen LogP contribution >= 0.6 is 0 Å². The molecule has 0 bridgehead atoms. The highest BCUT2D eigenvalue weighted by atomic mass is 16.7. The Morgan fingerprint density at radius 2 is 1.79 bits per heavy atom. The average Bonchev–Trinajstić information content (AvgIpc) is 3.03. The first-order valence-corrected chi connectivity index (χ1v) is 11.6. The number of Topliss-reactive ketones (excluding diaryl/α,β-unsaturated/α-hetero) is 1. The van der Waals surface area contributed by atoms with Crippen molar-refractivity contribution in [1.82, 2.24) is 0 Å². The molecule has 0 N–H and O–H groups in total. The van der Waals surface area contributed by atoms with E-state index in [0.717, 1.165) is 25.2 Å². The fraction of sp³-hybridized carbons (Fsp3) is 0.958. The lowest BCUT2D eigenvalue weighted by Crippen LogP contribution is -2.57. The summed E-state index contributed by atoms with van der Waals surface area (Å²) in [6.45, 7) is 15.4. The van der Waals surface area contributed by atoms with Crippen LogP contribution in [0.5, 0.6) is 0 Å². The first-order chi connectivity index (χ1) is 13.1. The maximum atomic E-state index is 11.8. The summed E-state index contributed by atoms with van der Waals surface area (Å²) in [5.41, 5.74) is 0. The van der Waals surface area contributed by atoms with Gasteiger partial charge in [0.05, 0.1) is 24.4 Å². The maximum absolute atomic E-state index is 11.8. The van der Waals surface area contributed by atoms with Crippen molar-refractivity contribution in [2.45, 2.75) is 117 Å². The normalized spacial score (nSPS) is 45.6. The van der Waals surface area contributed by atoms with Gasteiger partial charge in [-0.1, -0.05) is 48.0 Å². The van der Waals surface area contributed by atoms with E-state index in [1.165, 1.54) is 12.8 Å². The molecule has 3 fully saturated rings. The molecule has 0 saturated carbocycles. The fourth-order valence-electron chi connectivity index (χ4n) is 5.77. The van der Waals surface area contributed by atoms with Crippen molar-refractivity contribution < 1.29 is 19.0 Å². The predicted octanol–water partition coefficient (Wildman–Crippen LogP) is 5.38. The van der Waals surface area contributed by atoms with E-state index in [1.54, 1.807) is 6.92 Å². The van der Waals surface area contributed by atoms with Crippen molar-refractivity contribution in [3.63, 3.8) is 0 Å². The number of hydrogen-bond donors (Lipinski definition) is 0. The number of carbonyl (C=O) groups excluding carboxylic acids is 1. The second kappa shape index (κ2) is 8.73. The molecular formula is C24H42O4. The van der Waals surface area contributed by atoms with Gasteiger partial charge in [0.1, 0.15) is 5.78 Å². The highest BCUT2D eigenvalue weighted by Gasteiger charge is 2.55. The van der Waals surface area contributed by atoms with E-state index >= 15 is 0 Å². The summed E-state index contributed by atoms with van der Waals surface area (Å²) in [4.78, 5) is 11.8. The summed E-state index contributed by atoms with van der Waals surface area (Å²) in [7, 11) is 0. The molecule has 1 spiro atoms. The zero-order valence-electron chi connectivity index (χ0n) is 19.1.